The quantitative estimate of drug-likeness (QED) is 0.389. The van der Waals surface area contributed by atoms with Gasteiger partial charge in [-0.3, -0.25) is 0 Å². The Bertz CT molecular complexity index is 62.0. The van der Waals surface area contributed by atoms with Gasteiger partial charge in [-0.05, 0) is 0 Å². The molecule has 15 heteroatoms. The smallest absolute Gasteiger partial charge is 1.00 e. The zero-order chi connectivity index (χ0) is 4.50. The molecule has 0 aromatic carbocycles. The molecule has 15 heavy (non-hydrogen) atoms. The summed E-state index contributed by atoms with van der Waals surface area (Å²) in [7, 11) is 0. The van der Waals surface area contributed by atoms with Crippen LogP contribution in [0.15, 0.2) is 0 Å². The molecule has 0 unspecified atom stereocenters. The summed E-state index contributed by atoms with van der Waals surface area (Å²) < 4.78 is 34.4. The van der Waals surface area contributed by atoms with Gasteiger partial charge in [-0.25, -0.2) is 0 Å². The van der Waals surface area contributed by atoms with Crippen molar-refractivity contribution in [3.63, 3.8) is 0 Å². The second kappa shape index (κ2) is 53.8. The molecule has 14 N–H and O–H groups in total. The van der Waals surface area contributed by atoms with E-state index in [0.29, 0.717) is 0 Å². The normalized spacial score (nSPS) is 3.93. The Kier molecular flexibility index (Phi) is 383. The Labute approximate surface area is 155 Å². The average Bonchev–Trinajstić information content (AvgIpc) is 0.722. The van der Waals surface area contributed by atoms with Crippen molar-refractivity contribution in [1.82, 2.24) is 0 Å². The van der Waals surface area contributed by atoms with E-state index >= 15 is 0 Å². The number of hydrogen-bond donors (Lipinski definition) is 0. The first-order valence-electron chi connectivity index (χ1n) is 0.730. The van der Waals surface area contributed by atoms with Crippen molar-refractivity contribution in [2.75, 3.05) is 0 Å². The van der Waals surface area contributed by atoms with Crippen molar-refractivity contribution in [3.05, 3.63) is 0 Å². The minimum absolute atomic E-state index is 0. The molecule has 0 rings (SSSR count). The third-order valence-electron chi connectivity index (χ3n) is 0. The minimum atomic E-state index is -5.88. The Balaban J connectivity index is -0.00000000178. The molecule has 0 saturated heterocycles. The molecule has 0 aliphatic rings. The largest absolute Gasteiger partial charge is 1.00 e. The molecule has 0 bridgehead atoms. The van der Waals surface area contributed by atoms with Crippen molar-refractivity contribution in [2.45, 2.75) is 0 Å². The van der Waals surface area contributed by atoms with Gasteiger partial charge >= 0.3 is 119 Å². The van der Waals surface area contributed by atoms with E-state index in [4.69, 9.17) is 16.0 Å². The Hall–Kier alpha value is 2.96. The van der Waals surface area contributed by atoms with E-state index in [1.165, 1.54) is 0 Å². The van der Waals surface area contributed by atoms with E-state index in [1.54, 1.807) is 0 Å². The van der Waals surface area contributed by atoms with Crippen LogP contribution in [0.2, 0.25) is 0 Å². The predicted octanol–water partition coefficient (Wildman–Crippen LogP) is -18.8. The van der Waals surface area contributed by atoms with Crippen LogP contribution in [-0.2, 0) is 3.74 Å². The third kappa shape index (κ3) is 434. The Morgan fingerprint density at radius 2 is 0.533 bits per heavy atom. The maximum Gasteiger partial charge on any atom is 1.00 e. The summed E-state index contributed by atoms with van der Waals surface area (Å²) in [4.78, 5) is 0. The van der Waals surface area contributed by atoms with Gasteiger partial charge in [-0.2, -0.15) is 0 Å². The third-order valence-corrected chi connectivity index (χ3v) is 0. The average molecular weight is 334 g/mol. The van der Waals surface area contributed by atoms with Crippen LogP contribution in [0.25, 0.3) is 0 Å². The summed E-state index contributed by atoms with van der Waals surface area (Å²) >= 11 is -5.88. The molecule has 0 spiro atoms. The van der Waals surface area contributed by atoms with Crippen molar-refractivity contribution < 1.29 is 143 Å². The topological polar surface area (TPSA) is 307 Å². The Morgan fingerprint density at radius 3 is 0.533 bits per heavy atom. The fourth-order valence-electron chi connectivity index (χ4n) is 0. The van der Waals surface area contributed by atoms with E-state index in [2.05, 4.69) is 0 Å². The van der Waals surface area contributed by atoms with Crippen LogP contribution in [0.1, 0.15) is 0 Å². The summed E-state index contributed by atoms with van der Waals surface area (Å²) in [6.45, 7) is 0. The monoisotopic (exact) mass is 334 g/mol. The molecule has 0 aliphatic heterocycles. The summed E-state index contributed by atoms with van der Waals surface area (Å²) in [6, 6.07) is 0. The molecule has 0 aromatic heterocycles. The number of hydrogen-bond acceptors (Lipinski definition) is 4. The maximum atomic E-state index is 8.61. The van der Waals surface area contributed by atoms with Crippen LogP contribution in [-0.4, -0.2) is 52.8 Å². The zero-order valence-corrected chi connectivity index (χ0v) is 16.5. The number of rotatable bonds is 0. The summed E-state index contributed by atoms with van der Waals surface area (Å²) in [6.07, 6.45) is 0. The SMILES string of the molecule is O.O.O.O.O.O.O.O=[As]([O-])([O-])[O-].[Na+].[Na+].[Na+]. The molecule has 0 atom stereocenters. The molecule has 88 valence electrons. The fourth-order valence-corrected chi connectivity index (χ4v) is 0. The Morgan fingerprint density at radius 1 is 0.533 bits per heavy atom. The second-order valence-corrected chi connectivity index (χ2v) is 2.32. The van der Waals surface area contributed by atoms with Gasteiger partial charge in [0.1, 0.15) is 0 Å². The van der Waals surface area contributed by atoms with E-state index in [1.807, 2.05) is 0 Å². The van der Waals surface area contributed by atoms with Gasteiger partial charge in [-0.15, -0.1) is 0 Å². The molecule has 0 fully saturated rings. The van der Waals surface area contributed by atoms with Gasteiger partial charge in [0.25, 0.3) is 0 Å². The molecule has 0 aromatic rings. The first-order chi connectivity index (χ1) is 2.00. The molecular formula is H14AsNa3O11. The standard InChI is InChI=1S/AsH3O4.3Na.7H2O/c2-1(3,4)5;;;;;;;;;;/h(H3,2,3,4,5);;;;7*1H2/q;3*+1;;;;;;;/p-3. The van der Waals surface area contributed by atoms with E-state index in [9.17, 15) is 0 Å². The van der Waals surface area contributed by atoms with Crippen LogP contribution in [0.5, 0.6) is 0 Å². The van der Waals surface area contributed by atoms with Crippen molar-refractivity contribution in [2.24, 2.45) is 0 Å². The first kappa shape index (κ1) is 107. The van der Waals surface area contributed by atoms with Crippen LogP contribution in [0, 0.1) is 0 Å². The summed E-state index contributed by atoms with van der Waals surface area (Å²) in [5.74, 6) is 0. The maximum absolute atomic E-state index is 8.61. The molecule has 0 radical (unpaired) electrons. The van der Waals surface area contributed by atoms with Gasteiger partial charge in [0.15, 0.2) is 0 Å². The van der Waals surface area contributed by atoms with Crippen LogP contribution < -0.4 is 101 Å². The van der Waals surface area contributed by atoms with E-state index in [-0.39, 0.29) is 127 Å². The van der Waals surface area contributed by atoms with Gasteiger partial charge in [-0.1, -0.05) is 0 Å². The van der Waals surface area contributed by atoms with Gasteiger partial charge in [0.2, 0.25) is 0 Å². The van der Waals surface area contributed by atoms with Gasteiger partial charge < -0.3 is 38.3 Å². The molecule has 0 aliphatic carbocycles. The predicted molar refractivity (Wildman–Crippen MR) is 31.7 cm³/mol. The molecule has 0 heterocycles. The fraction of sp³-hybridized carbons (Fsp3) is 0. The van der Waals surface area contributed by atoms with Crippen molar-refractivity contribution in [1.29, 1.82) is 0 Å². The van der Waals surface area contributed by atoms with E-state index < -0.39 is 14.5 Å². The van der Waals surface area contributed by atoms with Gasteiger partial charge in [0.05, 0.1) is 0 Å². The van der Waals surface area contributed by atoms with Crippen molar-refractivity contribution >= 4 is 14.5 Å². The van der Waals surface area contributed by atoms with Crippen LogP contribution >= 0.6 is 0 Å². The van der Waals surface area contributed by atoms with E-state index in [0.717, 1.165) is 0 Å². The summed E-state index contributed by atoms with van der Waals surface area (Å²) in [5, 5.41) is 0. The zero-order valence-electron chi connectivity index (χ0n) is 8.58. The van der Waals surface area contributed by atoms with Gasteiger partial charge in [0, 0.05) is 0 Å². The molecule has 0 amide bonds. The van der Waals surface area contributed by atoms with Crippen molar-refractivity contribution in [3.8, 4) is 0 Å². The molecule has 11 nitrogen and oxygen atoms in total. The van der Waals surface area contributed by atoms with Crippen LogP contribution in [0.4, 0.5) is 0 Å². The second-order valence-electron chi connectivity index (χ2n) is 0.447. The van der Waals surface area contributed by atoms with Crippen LogP contribution in [0.3, 0.4) is 0 Å². The minimum Gasteiger partial charge on any atom is 1.00 e. The first-order valence-corrected chi connectivity index (χ1v) is 3.79. The molecule has 0 saturated carbocycles. The summed E-state index contributed by atoms with van der Waals surface area (Å²) in [5.41, 5.74) is 0. The molecular weight excluding hydrogens is 320 g/mol.